The Hall–Kier alpha value is -3.22. The molecule has 2 aliphatic rings. The van der Waals surface area contributed by atoms with Gasteiger partial charge >= 0.3 is 5.97 Å². The molecule has 7 heteroatoms. The summed E-state index contributed by atoms with van der Waals surface area (Å²) < 4.78 is 15.1. The van der Waals surface area contributed by atoms with Crippen LogP contribution in [0.15, 0.2) is 42.0 Å². The van der Waals surface area contributed by atoms with Crippen LogP contribution in [0.25, 0.3) is 17.0 Å². The number of carbonyl (C=O) groups is 3. The number of carboxylic acids is 1. The van der Waals surface area contributed by atoms with E-state index in [1.807, 2.05) is 0 Å². The molecule has 0 radical (unpaired) electrons. The molecule has 0 amide bonds. The number of aromatic nitrogens is 1. The van der Waals surface area contributed by atoms with Gasteiger partial charge in [-0.3, -0.25) is 14.4 Å². The van der Waals surface area contributed by atoms with Gasteiger partial charge in [-0.2, -0.15) is 0 Å². The van der Waals surface area contributed by atoms with Gasteiger partial charge < -0.3 is 14.8 Å². The minimum absolute atomic E-state index is 0.301. The molecule has 1 fully saturated rings. The van der Waals surface area contributed by atoms with E-state index in [2.05, 4.69) is 0 Å². The fourth-order valence-corrected chi connectivity index (χ4v) is 4.51. The van der Waals surface area contributed by atoms with Gasteiger partial charge in [-0.1, -0.05) is 12.8 Å². The number of ketones is 2. The number of benzene rings is 1. The van der Waals surface area contributed by atoms with E-state index in [9.17, 15) is 23.9 Å². The monoisotopic (exact) mass is 397 g/mol. The average Bonchev–Trinajstić information content (AvgIpc) is 3.34. The van der Waals surface area contributed by atoms with Gasteiger partial charge in [0.05, 0.1) is 12.1 Å². The highest BCUT2D eigenvalue weighted by atomic mass is 19.1. The lowest BCUT2D eigenvalue weighted by Crippen LogP contribution is -2.46. The molecule has 1 saturated carbocycles. The second-order valence-corrected chi connectivity index (χ2v) is 7.55. The van der Waals surface area contributed by atoms with Gasteiger partial charge in [-0.25, -0.2) is 4.39 Å². The number of rotatable bonds is 5. The van der Waals surface area contributed by atoms with Crippen LogP contribution in [0, 0.1) is 5.82 Å². The van der Waals surface area contributed by atoms with Crippen LogP contribution in [0.4, 0.5) is 4.39 Å². The molecule has 6 nitrogen and oxygen atoms in total. The van der Waals surface area contributed by atoms with E-state index >= 15 is 0 Å². The molecule has 2 heterocycles. The number of aliphatic hydroxyl groups is 1. The summed E-state index contributed by atoms with van der Waals surface area (Å²) in [6.45, 7) is 0. The zero-order chi connectivity index (χ0) is 20.8. The molecule has 4 rings (SSSR count). The molecular weight excluding hydrogens is 377 g/mol. The fourth-order valence-electron chi connectivity index (χ4n) is 4.51. The van der Waals surface area contributed by atoms with E-state index < -0.39 is 35.3 Å². The molecule has 0 bridgehead atoms. The Bertz CT molecular complexity index is 1040. The number of carbonyl (C=O) groups excluding carboxylic acids is 2. The maximum atomic E-state index is 13.5. The van der Waals surface area contributed by atoms with Gasteiger partial charge in [-0.05, 0) is 54.8 Å². The van der Waals surface area contributed by atoms with Crippen molar-refractivity contribution in [3.8, 4) is 11.3 Å². The van der Waals surface area contributed by atoms with E-state index in [0.717, 1.165) is 12.8 Å². The molecule has 0 saturated heterocycles. The molecule has 1 aromatic carbocycles. The summed E-state index contributed by atoms with van der Waals surface area (Å²) >= 11 is 0. The van der Waals surface area contributed by atoms with Crippen LogP contribution < -0.4 is 0 Å². The topological polar surface area (TPSA) is 96.6 Å². The predicted octanol–water partition coefficient (Wildman–Crippen LogP) is 3.85. The van der Waals surface area contributed by atoms with E-state index in [1.165, 1.54) is 12.1 Å². The first-order valence-electron chi connectivity index (χ1n) is 9.57. The second kappa shape index (κ2) is 6.99. The van der Waals surface area contributed by atoms with E-state index in [0.29, 0.717) is 29.8 Å². The molecule has 1 aliphatic heterocycles. The van der Waals surface area contributed by atoms with E-state index in [4.69, 9.17) is 5.11 Å². The Morgan fingerprint density at radius 3 is 2.24 bits per heavy atom. The van der Waals surface area contributed by atoms with E-state index in [1.54, 1.807) is 28.8 Å². The summed E-state index contributed by atoms with van der Waals surface area (Å²) in [7, 11) is 0. The Kier molecular flexibility index (Phi) is 4.61. The van der Waals surface area contributed by atoms with Crippen molar-refractivity contribution in [3.05, 3.63) is 53.5 Å². The van der Waals surface area contributed by atoms with Crippen LogP contribution in [0.5, 0.6) is 0 Å². The smallest absolute Gasteiger partial charge is 0.303 e. The third kappa shape index (κ3) is 2.97. The minimum atomic E-state index is -1.14. The van der Waals surface area contributed by atoms with E-state index in [-0.39, 0.29) is 17.8 Å². The van der Waals surface area contributed by atoms with Gasteiger partial charge in [0.2, 0.25) is 0 Å². The number of allylic oxidation sites excluding steroid dienone is 1. The normalized spacial score (nSPS) is 17.6. The van der Waals surface area contributed by atoms with Crippen LogP contribution >= 0.6 is 0 Å². The molecule has 2 N–H and O–H groups in total. The summed E-state index contributed by atoms with van der Waals surface area (Å²) in [5.41, 5.74) is 0.418. The number of hydrogen-bond donors (Lipinski definition) is 2. The van der Waals surface area contributed by atoms with Gasteiger partial charge in [0.25, 0.3) is 0 Å². The molecule has 1 aliphatic carbocycles. The van der Waals surface area contributed by atoms with Gasteiger partial charge in [-0.15, -0.1) is 0 Å². The highest BCUT2D eigenvalue weighted by Crippen LogP contribution is 2.48. The largest absolute Gasteiger partial charge is 0.505 e. The first-order chi connectivity index (χ1) is 13.8. The van der Waals surface area contributed by atoms with Crippen molar-refractivity contribution < 1.29 is 29.0 Å². The molecule has 1 spiro atoms. The van der Waals surface area contributed by atoms with Gasteiger partial charge in [0.15, 0.2) is 17.3 Å². The maximum absolute atomic E-state index is 13.5. The third-order valence-electron chi connectivity index (χ3n) is 5.85. The molecule has 29 heavy (non-hydrogen) atoms. The zero-order valence-electron chi connectivity index (χ0n) is 15.7. The predicted molar refractivity (Wildman–Crippen MR) is 103 cm³/mol. The summed E-state index contributed by atoms with van der Waals surface area (Å²) in [5.74, 6) is -3.05. The lowest BCUT2D eigenvalue weighted by Gasteiger charge is -2.37. The zero-order valence-corrected chi connectivity index (χ0v) is 15.7. The first-order valence-corrected chi connectivity index (χ1v) is 9.57. The number of hydrogen-bond acceptors (Lipinski definition) is 4. The van der Waals surface area contributed by atoms with Crippen molar-refractivity contribution in [3.63, 3.8) is 0 Å². The van der Waals surface area contributed by atoms with Crippen LogP contribution in [0.2, 0.25) is 0 Å². The molecule has 1 aromatic heterocycles. The number of aliphatic carboxylic acids is 1. The van der Waals surface area contributed by atoms with Crippen molar-refractivity contribution in [1.82, 2.24) is 4.57 Å². The SMILES string of the molecule is O=C(O)CCC(=O)C1=C(O)c2ccc(-c3ccc(F)cc3)n2C2(CCCC2)C1=O. The van der Waals surface area contributed by atoms with Crippen molar-refractivity contribution in [2.24, 2.45) is 0 Å². The summed E-state index contributed by atoms with van der Waals surface area (Å²) in [6.07, 6.45) is 1.88. The van der Waals surface area contributed by atoms with Crippen molar-refractivity contribution in [2.45, 2.75) is 44.1 Å². The Morgan fingerprint density at radius 1 is 1.00 bits per heavy atom. The summed E-state index contributed by atoms with van der Waals surface area (Å²) in [5, 5.41) is 19.6. The van der Waals surface area contributed by atoms with Crippen molar-refractivity contribution >= 4 is 23.3 Å². The molecular formula is C22H20FNO5. The molecule has 0 atom stereocenters. The third-order valence-corrected chi connectivity index (χ3v) is 5.85. The molecule has 150 valence electrons. The number of Topliss-reactive ketones (excluding diaryl/α,β-unsaturated/α-hetero) is 2. The average molecular weight is 397 g/mol. The maximum Gasteiger partial charge on any atom is 0.303 e. The fraction of sp³-hybridized carbons (Fsp3) is 0.318. The summed E-state index contributed by atoms with van der Waals surface area (Å²) in [4.78, 5) is 36.9. The van der Waals surface area contributed by atoms with Crippen LogP contribution in [0.3, 0.4) is 0 Å². The highest BCUT2D eigenvalue weighted by Gasteiger charge is 2.51. The lowest BCUT2D eigenvalue weighted by molar-refractivity contribution is -0.138. The Morgan fingerprint density at radius 2 is 1.62 bits per heavy atom. The minimum Gasteiger partial charge on any atom is -0.505 e. The van der Waals surface area contributed by atoms with Crippen molar-refractivity contribution in [1.29, 1.82) is 0 Å². The molecule has 0 unspecified atom stereocenters. The van der Waals surface area contributed by atoms with Crippen LogP contribution in [-0.2, 0) is 19.9 Å². The highest BCUT2D eigenvalue weighted by molar-refractivity contribution is 6.28. The molecule has 2 aromatic rings. The standard InChI is InChI=1S/C22H20FNO5/c23-14-5-3-13(4-6-14)15-7-8-16-20(28)19(17(25)9-10-18(26)27)21(29)22(24(15)16)11-1-2-12-22/h3-8,28H,1-2,9-12H2,(H,26,27). The second-order valence-electron chi connectivity index (χ2n) is 7.55. The summed E-state index contributed by atoms with van der Waals surface area (Å²) in [6, 6.07) is 9.27. The number of fused-ring (bicyclic) bond motifs is 2. The number of halogens is 1. The van der Waals surface area contributed by atoms with Crippen molar-refractivity contribution in [2.75, 3.05) is 0 Å². The quantitative estimate of drug-likeness (QED) is 0.747. The van der Waals surface area contributed by atoms with Gasteiger partial charge in [0.1, 0.15) is 16.9 Å². The first kappa shape index (κ1) is 19.1. The number of carboxylic acid groups (broad SMARTS) is 1. The van der Waals surface area contributed by atoms with Gasteiger partial charge in [0, 0.05) is 12.1 Å². The van der Waals surface area contributed by atoms with Crippen LogP contribution in [-0.4, -0.2) is 32.3 Å². The number of nitrogens with zero attached hydrogens (tertiary/aromatic N) is 1. The Labute approximate surface area is 166 Å². The number of aliphatic hydroxyl groups excluding tert-OH is 1. The lowest BCUT2D eigenvalue weighted by atomic mass is 9.80. The Balaban J connectivity index is 1.88. The van der Waals surface area contributed by atoms with Crippen LogP contribution in [0.1, 0.15) is 44.2 Å².